The maximum absolute atomic E-state index is 13.9. The number of methoxy groups -OCH3 is 1. The van der Waals surface area contributed by atoms with Crippen molar-refractivity contribution in [3.63, 3.8) is 0 Å². The van der Waals surface area contributed by atoms with Crippen LogP contribution < -0.4 is 10.1 Å². The summed E-state index contributed by atoms with van der Waals surface area (Å²) in [4.78, 5) is 2.46. The van der Waals surface area contributed by atoms with Crippen LogP contribution in [-0.4, -0.2) is 42.8 Å². The summed E-state index contributed by atoms with van der Waals surface area (Å²) < 4.78 is 24.1. The second-order valence-corrected chi connectivity index (χ2v) is 5.90. The summed E-state index contributed by atoms with van der Waals surface area (Å²) in [5.74, 6) is 1.08. The molecule has 2 aromatic rings. The van der Waals surface area contributed by atoms with Crippen LogP contribution in [0.25, 0.3) is 11.0 Å². The molecule has 1 atom stereocenters. The highest BCUT2D eigenvalue weighted by Gasteiger charge is 2.34. The lowest BCUT2D eigenvalue weighted by molar-refractivity contribution is 0.0973. The fraction of sp³-hybridized carbons (Fsp3) is 0.533. The highest BCUT2D eigenvalue weighted by atomic mass is 19.1. The van der Waals surface area contributed by atoms with Gasteiger partial charge in [-0.3, -0.25) is 0 Å². The fourth-order valence-electron chi connectivity index (χ4n) is 3.50. The zero-order valence-electron chi connectivity index (χ0n) is 11.9. The lowest BCUT2D eigenvalue weighted by Crippen LogP contribution is -2.53. The van der Waals surface area contributed by atoms with Crippen LogP contribution >= 0.6 is 0 Å². The summed E-state index contributed by atoms with van der Waals surface area (Å²) in [6.45, 7) is 3.40. The molecule has 0 unspecified atom stereocenters. The molecule has 1 N–H and O–H groups in total. The number of hydrogen-bond acceptors (Lipinski definition) is 5. The van der Waals surface area contributed by atoms with Crippen LogP contribution in [0.15, 0.2) is 16.7 Å². The molecule has 1 aromatic heterocycles. The fourth-order valence-corrected chi connectivity index (χ4v) is 3.50. The highest BCUT2D eigenvalue weighted by Crippen LogP contribution is 2.33. The van der Waals surface area contributed by atoms with E-state index in [1.807, 2.05) is 0 Å². The third kappa shape index (κ3) is 2.14. The molecule has 2 bridgehead atoms. The third-order valence-corrected chi connectivity index (χ3v) is 4.72. The lowest BCUT2D eigenvalue weighted by Gasteiger charge is -2.44. The summed E-state index contributed by atoms with van der Waals surface area (Å²) in [5, 5.41) is 8.18. The van der Waals surface area contributed by atoms with E-state index in [0.29, 0.717) is 28.7 Å². The van der Waals surface area contributed by atoms with Gasteiger partial charge in [0.25, 0.3) is 0 Å². The Morgan fingerprint density at radius 2 is 2.19 bits per heavy atom. The Balaban J connectivity index is 1.63. The van der Waals surface area contributed by atoms with E-state index >= 15 is 0 Å². The molecular formula is C15H18FN3O2. The van der Waals surface area contributed by atoms with Gasteiger partial charge in [0, 0.05) is 18.7 Å². The van der Waals surface area contributed by atoms with Crippen molar-refractivity contribution in [2.45, 2.75) is 18.9 Å². The zero-order chi connectivity index (χ0) is 14.4. The van der Waals surface area contributed by atoms with Crippen LogP contribution in [0.5, 0.6) is 5.75 Å². The predicted octanol–water partition coefficient (Wildman–Crippen LogP) is 2.48. The summed E-state index contributed by atoms with van der Waals surface area (Å²) in [6.07, 6.45) is 2.44. The first-order valence-corrected chi connectivity index (χ1v) is 7.36. The van der Waals surface area contributed by atoms with Crippen molar-refractivity contribution in [3.05, 3.63) is 17.9 Å². The average Bonchev–Trinajstić information content (AvgIpc) is 2.90. The zero-order valence-corrected chi connectivity index (χ0v) is 11.9. The van der Waals surface area contributed by atoms with Crippen molar-refractivity contribution in [2.24, 2.45) is 5.92 Å². The Labute approximate surface area is 122 Å². The van der Waals surface area contributed by atoms with E-state index in [4.69, 9.17) is 9.26 Å². The van der Waals surface area contributed by atoms with Crippen LogP contribution in [0.1, 0.15) is 12.8 Å². The van der Waals surface area contributed by atoms with Crippen LogP contribution in [0.3, 0.4) is 0 Å². The minimum Gasteiger partial charge on any atom is -0.494 e. The smallest absolute Gasteiger partial charge is 0.177 e. The molecule has 0 radical (unpaired) electrons. The molecule has 21 heavy (non-hydrogen) atoms. The molecule has 0 spiro atoms. The molecule has 3 saturated heterocycles. The Morgan fingerprint density at radius 3 is 2.86 bits per heavy atom. The van der Waals surface area contributed by atoms with Gasteiger partial charge < -0.3 is 19.5 Å². The van der Waals surface area contributed by atoms with Crippen molar-refractivity contribution in [1.82, 2.24) is 10.1 Å². The monoisotopic (exact) mass is 291 g/mol. The summed E-state index contributed by atoms with van der Waals surface area (Å²) in [7, 11) is 1.44. The van der Waals surface area contributed by atoms with Crippen LogP contribution in [0.2, 0.25) is 0 Å². The average molecular weight is 291 g/mol. The number of fused-ring (bicyclic) bond motifs is 4. The van der Waals surface area contributed by atoms with Crippen molar-refractivity contribution < 1.29 is 13.7 Å². The van der Waals surface area contributed by atoms with E-state index in [1.165, 1.54) is 39.1 Å². The van der Waals surface area contributed by atoms with Crippen molar-refractivity contribution in [1.29, 1.82) is 0 Å². The highest BCUT2D eigenvalue weighted by molar-refractivity contribution is 5.89. The number of anilines is 1. The van der Waals surface area contributed by atoms with Gasteiger partial charge in [-0.05, 0) is 37.9 Å². The molecule has 4 heterocycles. The molecule has 6 heteroatoms. The number of halogens is 1. The van der Waals surface area contributed by atoms with Gasteiger partial charge in [-0.2, -0.15) is 0 Å². The lowest BCUT2D eigenvalue weighted by atomic mass is 9.84. The van der Waals surface area contributed by atoms with Crippen molar-refractivity contribution in [3.8, 4) is 5.75 Å². The molecule has 5 rings (SSSR count). The molecule has 3 aliphatic rings. The molecule has 5 nitrogen and oxygen atoms in total. The number of ether oxygens (including phenoxy) is 1. The van der Waals surface area contributed by atoms with E-state index in [1.54, 1.807) is 6.07 Å². The van der Waals surface area contributed by atoms with E-state index in [9.17, 15) is 4.39 Å². The first-order chi connectivity index (χ1) is 10.2. The predicted molar refractivity (Wildman–Crippen MR) is 77.1 cm³/mol. The Kier molecular flexibility index (Phi) is 2.99. The Morgan fingerprint density at radius 1 is 1.38 bits per heavy atom. The number of nitrogens with zero attached hydrogens (tertiary/aromatic N) is 2. The van der Waals surface area contributed by atoms with Gasteiger partial charge in [-0.15, -0.1) is 0 Å². The number of benzene rings is 1. The van der Waals surface area contributed by atoms with E-state index in [2.05, 4.69) is 15.4 Å². The normalized spacial score (nSPS) is 28.0. The quantitative estimate of drug-likeness (QED) is 0.941. The molecule has 0 aliphatic carbocycles. The summed E-state index contributed by atoms with van der Waals surface area (Å²) in [5.41, 5.74) is 0.539. The van der Waals surface area contributed by atoms with Crippen molar-refractivity contribution >= 4 is 16.8 Å². The van der Waals surface area contributed by atoms with Crippen molar-refractivity contribution in [2.75, 3.05) is 32.1 Å². The molecule has 0 amide bonds. The molecule has 112 valence electrons. The van der Waals surface area contributed by atoms with E-state index in [-0.39, 0.29) is 5.75 Å². The van der Waals surface area contributed by atoms with Crippen LogP contribution in [0.4, 0.5) is 10.2 Å². The van der Waals surface area contributed by atoms with Gasteiger partial charge in [-0.1, -0.05) is 5.16 Å². The summed E-state index contributed by atoms with van der Waals surface area (Å²) in [6, 6.07) is 3.33. The van der Waals surface area contributed by atoms with Gasteiger partial charge in [0.15, 0.2) is 23.0 Å². The van der Waals surface area contributed by atoms with E-state index < -0.39 is 5.82 Å². The molecule has 1 aromatic carbocycles. The number of hydrogen-bond donors (Lipinski definition) is 1. The molecule has 0 saturated carbocycles. The minimum atomic E-state index is -0.398. The molecule has 3 aliphatic heterocycles. The van der Waals surface area contributed by atoms with Gasteiger partial charge in [0.2, 0.25) is 0 Å². The second-order valence-electron chi connectivity index (χ2n) is 5.90. The number of piperidine rings is 3. The third-order valence-electron chi connectivity index (χ3n) is 4.72. The maximum Gasteiger partial charge on any atom is 0.177 e. The van der Waals surface area contributed by atoms with Crippen LogP contribution in [0, 0.1) is 11.7 Å². The topological polar surface area (TPSA) is 50.5 Å². The second kappa shape index (κ2) is 4.87. The first-order valence-electron chi connectivity index (χ1n) is 7.36. The molecular weight excluding hydrogens is 273 g/mol. The van der Waals surface area contributed by atoms with Gasteiger partial charge in [-0.25, -0.2) is 4.39 Å². The van der Waals surface area contributed by atoms with E-state index in [0.717, 1.165) is 6.54 Å². The number of aromatic nitrogens is 1. The van der Waals surface area contributed by atoms with Crippen LogP contribution in [-0.2, 0) is 0 Å². The minimum absolute atomic E-state index is 0.174. The number of nitrogens with one attached hydrogen (secondary N) is 1. The van der Waals surface area contributed by atoms with Gasteiger partial charge in [0.05, 0.1) is 12.5 Å². The van der Waals surface area contributed by atoms with Gasteiger partial charge >= 0.3 is 0 Å². The standard InChI is InChI=1S/C15H18FN3O2/c1-20-14-7-13-10(6-11(14)16)15(18-21-13)17-12-8-19-4-2-9(12)3-5-19/h6-7,9,12H,2-5,8H2,1H3,(H,17,18)/t12-/m1/s1. The summed E-state index contributed by atoms with van der Waals surface area (Å²) >= 11 is 0. The SMILES string of the molecule is COc1cc2onc(N[C@@H]3CN4CCC3CC4)c2cc1F. The maximum atomic E-state index is 13.9. The Bertz CT molecular complexity index is 664. The largest absolute Gasteiger partial charge is 0.494 e. The Hall–Kier alpha value is -1.82. The van der Waals surface area contributed by atoms with Gasteiger partial charge in [0.1, 0.15) is 0 Å². The first kappa shape index (κ1) is 12.9. The molecule has 3 fully saturated rings. The number of rotatable bonds is 3.